The van der Waals surface area contributed by atoms with Crippen LogP contribution < -0.4 is 25.6 Å². The van der Waals surface area contributed by atoms with E-state index in [0.29, 0.717) is 11.5 Å². The van der Waals surface area contributed by atoms with E-state index in [2.05, 4.69) is 10.7 Å². The summed E-state index contributed by atoms with van der Waals surface area (Å²) >= 11 is 0. The van der Waals surface area contributed by atoms with E-state index in [0.717, 1.165) is 0 Å². The molecule has 0 unspecified atom stereocenters. The SMILES string of the molecule is CC(C)NC(=O)C(=O)NNC(=O)c1ccc2c(c1)OCO2. The van der Waals surface area contributed by atoms with Crippen molar-refractivity contribution in [1.29, 1.82) is 0 Å². The molecule has 1 aromatic rings. The predicted octanol–water partition coefficient (Wildman–Crippen LogP) is -0.299. The molecule has 1 aliphatic rings. The largest absolute Gasteiger partial charge is 0.454 e. The highest BCUT2D eigenvalue weighted by Gasteiger charge is 2.18. The Morgan fingerprint density at radius 1 is 1.05 bits per heavy atom. The molecular weight excluding hydrogens is 278 g/mol. The molecule has 0 bridgehead atoms. The Labute approximate surface area is 120 Å². The lowest BCUT2D eigenvalue weighted by molar-refractivity contribution is -0.139. The average molecular weight is 293 g/mol. The van der Waals surface area contributed by atoms with Gasteiger partial charge in [0.15, 0.2) is 11.5 Å². The molecule has 8 heteroatoms. The summed E-state index contributed by atoms with van der Waals surface area (Å²) in [6.45, 7) is 3.54. The molecule has 0 aromatic heterocycles. The first-order valence-electron chi connectivity index (χ1n) is 6.28. The van der Waals surface area contributed by atoms with Crippen molar-refractivity contribution in [3.63, 3.8) is 0 Å². The third-order valence-electron chi connectivity index (χ3n) is 2.55. The fourth-order valence-corrected chi connectivity index (χ4v) is 1.61. The zero-order chi connectivity index (χ0) is 15.4. The van der Waals surface area contributed by atoms with Gasteiger partial charge in [0.05, 0.1) is 0 Å². The molecular formula is C13H15N3O5. The fraction of sp³-hybridized carbons (Fsp3) is 0.308. The summed E-state index contributed by atoms with van der Waals surface area (Å²) in [4.78, 5) is 34.6. The number of ether oxygens (including phenoxy) is 2. The highest BCUT2D eigenvalue weighted by molar-refractivity contribution is 6.35. The van der Waals surface area contributed by atoms with Gasteiger partial charge in [-0.2, -0.15) is 0 Å². The first kappa shape index (κ1) is 14.6. The van der Waals surface area contributed by atoms with E-state index in [4.69, 9.17) is 9.47 Å². The maximum absolute atomic E-state index is 11.8. The van der Waals surface area contributed by atoms with E-state index in [-0.39, 0.29) is 18.4 Å². The Morgan fingerprint density at radius 3 is 2.48 bits per heavy atom. The lowest BCUT2D eigenvalue weighted by Crippen LogP contribution is -2.49. The van der Waals surface area contributed by atoms with Crippen molar-refractivity contribution < 1.29 is 23.9 Å². The Bertz CT molecular complexity index is 585. The van der Waals surface area contributed by atoms with Crippen LogP contribution in [0.4, 0.5) is 0 Å². The van der Waals surface area contributed by atoms with Gasteiger partial charge in [0, 0.05) is 11.6 Å². The van der Waals surface area contributed by atoms with E-state index < -0.39 is 17.7 Å². The summed E-state index contributed by atoms with van der Waals surface area (Å²) in [5, 5.41) is 2.40. The van der Waals surface area contributed by atoms with Crippen LogP contribution in [0.15, 0.2) is 18.2 Å². The van der Waals surface area contributed by atoms with Crippen LogP contribution in [0.5, 0.6) is 11.5 Å². The standard InChI is InChI=1S/C13H15N3O5/c1-7(2)14-12(18)13(19)16-15-11(17)8-3-4-9-10(5-8)21-6-20-9/h3-5,7H,6H2,1-2H3,(H,14,18)(H,15,17)(H,16,19). The van der Waals surface area contributed by atoms with Crippen molar-refractivity contribution in [2.45, 2.75) is 19.9 Å². The monoisotopic (exact) mass is 293 g/mol. The molecule has 0 atom stereocenters. The summed E-state index contributed by atoms with van der Waals surface area (Å²) in [6.07, 6.45) is 0. The van der Waals surface area contributed by atoms with Crippen molar-refractivity contribution >= 4 is 17.7 Å². The van der Waals surface area contributed by atoms with E-state index in [1.165, 1.54) is 12.1 Å². The molecule has 2 rings (SSSR count). The molecule has 3 amide bonds. The second-order valence-corrected chi connectivity index (χ2v) is 4.60. The zero-order valence-electron chi connectivity index (χ0n) is 11.6. The Balaban J connectivity index is 1.90. The zero-order valence-corrected chi connectivity index (χ0v) is 11.6. The molecule has 0 saturated heterocycles. The molecule has 0 aliphatic carbocycles. The van der Waals surface area contributed by atoms with Crippen LogP contribution in [-0.4, -0.2) is 30.6 Å². The number of carbonyl (C=O) groups is 3. The summed E-state index contributed by atoms with van der Waals surface area (Å²) < 4.78 is 10.3. The summed E-state index contributed by atoms with van der Waals surface area (Å²) in [5.74, 6) is -1.34. The van der Waals surface area contributed by atoms with E-state index in [9.17, 15) is 14.4 Å². The van der Waals surface area contributed by atoms with Crippen LogP contribution in [0, 0.1) is 0 Å². The van der Waals surface area contributed by atoms with Gasteiger partial charge in [-0.3, -0.25) is 25.2 Å². The highest BCUT2D eigenvalue weighted by atomic mass is 16.7. The first-order chi connectivity index (χ1) is 9.97. The third-order valence-corrected chi connectivity index (χ3v) is 2.55. The van der Waals surface area contributed by atoms with Crippen molar-refractivity contribution in [3.05, 3.63) is 23.8 Å². The number of hydrogen-bond donors (Lipinski definition) is 3. The maximum atomic E-state index is 11.8. The Kier molecular flexibility index (Phi) is 4.27. The highest BCUT2D eigenvalue weighted by Crippen LogP contribution is 2.32. The molecule has 1 aliphatic heterocycles. The van der Waals surface area contributed by atoms with Crippen molar-refractivity contribution in [2.24, 2.45) is 0 Å². The normalized spacial score (nSPS) is 12.0. The van der Waals surface area contributed by atoms with Gasteiger partial charge in [0.25, 0.3) is 5.91 Å². The molecule has 112 valence electrons. The second kappa shape index (κ2) is 6.12. The third kappa shape index (κ3) is 3.62. The Hall–Kier alpha value is -2.77. The van der Waals surface area contributed by atoms with Crippen molar-refractivity contribution in [2.75, 3.05) is 6.79 Å². The van der Waals surface area contributed by atoms with Crippen LogP contribution in [0.25, 0.3) is 0 Å². The van der Waals surface area contributed by atoms with Crippen molar-refractivity contribution in [3.8, 4) is 11.5 Å². The lowest BCUT2D eigenvalue weighted by Gasteiger charge is -2.09. The number of amides is 3. The fourth-order valence-electron chi connectivity index (χ4n) is 1.61. The van der Waals surface area contributed by atoms with Crippen LogP contribution in [0.3, 0.4) is 0 Å². The molecule has 0 fully saturated rings. The molecule has 1 aromatic carbocycles. The van der Waals surface area contributed by atoms with Gasteiger partial charge in [-0.1, -0.05) is 0 Å². The quantitative estimate of drug-likeness (QED) is 0.513. The Morgan fingerprint density at radius 2 is 1.76 bits per heavy atom. The van der Waals surface area contributed by atoms with E-state index in [1.807, 2.05) is 5.43 Å². The number of carbonyl (C=O) groups excluding carboxylic acids is 3. The average Bonchev–Trinajstić information content (AvgIpc) is 2.90. The van der Waals surface area contributed by atoms with Crippen LogP contribution in [-0.2, 0) is 9.59 Å². The maximum Gasteiger partial charge on any atom is 0.327 e. The van der Waals surface area contributed by atoms with Gasteiger partial charge in [0.1, 0.15) is 0 Å². The van der Waals surface area contributed by atoms with Crippen LogP contribution >= 0.6 is 0 Å². The summed E-state index contributed by atoms with van der Waals surface area (Å²) in [5.41, 5.74) is 4.45. The molecule has 0 spiro atoms. The van der Waals surface area contributed by atoms with Gasteiger partial charge < -0.3 is 14.8 Å². The predicted molar refractivity (Wildman–Crippen MR) is 71.5 cm³/mol. The molecule has 8 nitrogen and oxygen atoms in total. The van der Waals surface area contributed by atoms with E-state index >= 15 is 0 Å². The first-order valence-corrected chi connectivity index (χ1v) is 6.28. The van der Waals surface area contributed by atoms with Gasteiger partial charge in [-0.05, 0) is 32.0 Å². The molecule has 3 N–H and O–H groups in total. The number of benzene rings is 1. The molecule has 1 heterocycles. The summed E-state index contributed by atoms with van der Waals surface area (Å²) in [6, 6.07) is 4.42. The van der Waals surface area contributed by atoms with Crippen LogP contribution in [0.2, 0.25) is 0 Å². The molecule has 0 radical (unpaired) electrons. The number of hydrazine groups is 1. The number of nitrogens with one attached hydrogen (secondary N) is 3. The minimum Gasteiger partial charge on any atom is -0.454 e. The second-order valence-electron chi connectivity index (χ2n) is 4.60. The molecule has 21 heavy (non-hydrogen) atoms. The minimum absolute atomic E-state index is 0.104. The van der Waals surface area contributed by atoms with Crippen molar-refractivity contribution in [1.82, 2.24) is 16.2 Å². The van der Waals surface area contributed by atoms with Gasteiger partial charge >= 0.3 is 11.8 Å². The minimum atomic E-state index is -0.946. The molecule has 0 saturated carbocycles. The topological polar surface area (TPSA) is 106 Å². The van der Waals surface area contributed by atoms with Gasteiger partial charge in [0.2, 0.25) is 6.79 Å². The number of rotatable bonds is 2. The lowest BCUT2D eigenvalue weighted by atomic mass is 10.2. The van der Waals surface area contributed by atoms with Crippen LogP contribution in [0.1, 0.15) is 24.2 Å². The van der Waals surface area contributed by atoms with Gasteiger partial charge in [-0.25, -0.2) is 0 Å². The smallest absolute Gasteiger partial charge is 0.327 e. The number of fused-ring (bicyclic) bond motifs is 1. The number of hydrogen-bond acceptors (Lipinski definition) is 5. The van der Waals surface area contributed by atoms with Gasteiger partial charge in [-0.15, -0.1) is 0 Å². The summed E-state index contributed by atoms with van der Waals surface area (Å²) in [7, 11) is 0. The van der Waals surface area contributed by atoms with E-state index in [1.54, 1.807) is 19.9 Å².